The molecule has 0 amide bonds. The summed E-state index contributed by atoms with van der Waals surface area (Å²) in [6.07, 6.45) is -0.915. The molecule has 0 bridgehead atoms. The van der Waals surface area contributed by atoms with Crippen molar-refractivity contribution in [3.8, 4) is 5.75 Å². The maximum absolute atomic E-state index is 11.1. The second kappa shape index (κ2) is 7.45. The van der Waals surface area contributed by atoms with E-state index in [9.17, 15) is 9.90 Å². The molecular weight excluding hydrogens is 268 g/mol. The van der Waals surface area contributed by atoms with Crippen LogP contribution in [0.3, 0.4) is 0 Å². The quantitative estimate of drug-likeness (QED) is 0.830. The smallest absolute Gasteiger partial charge is 0.308 e. The molecule has 2 aromatic carbocycles. The Morgan fingerprint density at radius 3 is 2.38 bits per heavy atom. The zero-order valence-electron chi connectivity index (χ0n) is 11.9. The van der Waals surface area contributed by atoms with Crippen molar-refractivity contribution in [1.82, 2.24) is 0 Å². The third kappa shape index (κ3) is 4.61. The van der Waals surface area contributed by atoms with Crippen LogP contribution in [-0.2, 0) is 16.1 Å². The monoisotopic (exact) mass is 286 g/mol. The van der Waals surface area contributed by atoms with Crippen LogP contribution in [0.5, 0.6) is 5.75 Å². The summed E-state index contributed by atoms with van der Waals surface area (Å²) >= 11 is 0. The molecule has 0 fully saturated rings. The second-order valence-corrected chi connectivity index (χ2v) is 4.64. The number of methoxy groups -OCH3 is 1. The van der Waals surface area contributed by atoms with Crippen molar-refractivity contribution < 1.29 is 19.4 Å². The number of aliphatic hydroxyl groups excluding tert-OH is 1. The third-order valence-electron chi connectivity index (χ3n) is 3.10. The van der Waals surface area contributed by atoms with Crippen LogP contribution >= 0.6 is 0 Å². The summed E-state index contributed by atoms with van der Waals surface area (Å²) < 4.78 is 10.2. The summed E-state index contributed by atoms with van der Waals surface area (Å²) in [4.78, 5) is 11.1. The fourth-order valence-electron chi connectivity index (χ4n) is 1.89. The zero-order valence-corrected chi connectivity index (χ0v) is 11.9. The fraction of sp³-hybridized carbons (Fsp3) is 0.235. The Morgan fingerprint density at radius 1 is 1.10 bits per heavy atom. The Kier molecular flexibility index (Phi) is 5.35. The predicted octanol–water partition coefficient (Wildman–Crippen LogP) is 2.86. The average molecular weight is 286 g/mol. The molecule has 2 rings (SSSR count). The number of hydrogen-bond acceptors (Lipinski definition) is 4. The van der Waals surface area contributed by atoms with Gasteiger partial charge < -0.3 is 14.6 Å². The van der Waals surface area contributed by atoms with Crippen LogP contribution in [0, 0.1) is 0 Å². The molecule has 21 heavy (non-hydrogen) atoms. The lowest BCUT2D eigenvalue weighted by Crippen LogP contribution is -2.08. The summed E-state index contributed by atoms with van der Waals surface area (Å²) in [5.41, 5.74) is 1.75. The third-order valence-corrected chi connectivity index (χ3v) is 3.10. The van der Waals surface area contributed by atoms with E-state index < -0.39 is 12.1 Å². The number of aliphatic hydroxyl groups is 1. The summed E-state index contributed by atoms with van der Waals surface area (Å²) in [6.45, 7) is 0.491. The van der Waals surface area contributed by atoms with Gasteiger partial charge in [0.15, 0.2) is 0 Å². The molecule has 0 aliphatic heterocycles. The molecule has 2 aromatic rings. The standard InChI is InChI=1S/C17H18O4/c1-20-17(19)11-16(18)14-7-9-15(10-8-14)21-12-13-5-3-2-4-6-13/h2-10,16,18H,11-12H2,1H3/t16-/m0/s1. The second-order valence-electron chi connectivity index (χ2n) is 4.64. The van der Waals surface area contributed by atoms with Crippen molar-refractivity contribution in [1.29, 1.82) is 0 Å². The minimum Gasteiger partial charge on any atom is -0.489 e. The number of benzene rings is 2. The van der Waals surface area contributed by atoms with Gasteiger partial charge in [0.05, 0.1) is 19.6 Å². The van der Waals surface area contributed by atoms with Crippen LogP contribution < -0.4 is 4.74 Å². The van der Waals surface area contributed by atoms with Gasteiger partial charge in [-0.1, -0.05) is 42.5 Å². The first-order valence-electron chi connectivity index (χ1n) is 6.70. The van der Waals surface area contributed by atoms with Crippen LogP contribution in [0.25, 0.3) is 0 Å². The average Bonchev–Trinajstić information content (AvgIpc) is 2.54. The summed E-state index contributed by atoms with van der Waals surface area (Å²) in [5.74, 6) is 0.278. The summed E-state index contributed by atoms with van der Waals surface area (Å²) in [7, 11) is 1.30. The minimum atomic E-state index is -0.861. The van der Waals surface area contributed by atoms with Gasteiger partial charge in [0.25, 0.3) is 0 Å². The molecule has 0 aromatic heterocycles. The highest BCUT2D eigenvalue weighted by Gasteiger charge is 2.13. The molecule has 0 spiro atoms. The topological polar surface area (TPSA) is 55.8 Å². The van der Waals surface area contributed by atoms with Crippen molar-refractivity contribution >= 4 is 5.97 Å². The lowest BCUT2D eigenvalue weighted by atomic mass is 10.1. The summed E-state index contributed by atoms with van der Waals surface area (Å²) in [6, 6.07) is 16.9. The molecule has 110 valence electrons. The molecule has 0 aliphatic rings. The van der Waals surface area contributed by atoms with Crippen molar-refractivity contribution in [3.63, 3.8) is 0 Å². The van der Waals surface area contributed by atoms with E-state index in [2.05, 4.69) is 4.74 Å². The maximum atomic E-state index is 11.1. The van der Waals surface area contributed by atoms with Gasteiger partial charge in [-0.2, -0.15) is 0 Å². The molecule has 4 nitrogen and oxygen atoms in total. The van der Waals surface area contributed by atoms with E-state index in [0.29, 0.717) is 17.9 Å². The van der Waals surface area contributed by atoms with Gasteiger partial charge in [-0.25, -0.2) is 0 Å². The number of esters is 1. The molecule has 1 atom stereocenters. The fourth-order valence-corrected chi connectivity index (χ4v) is 1.89. The number of carbonyl (C=O) groups is 1. The van der Waals surface area contributed by atoms with E-state index in [-0.39, 0.29) is 6.42 Å². The molecule has 0 heterocycles. The highest BCUT2D eigenvalue weighted by atomic mass is 16.5. The first kappa shape index (κ1) is 15.1. The Morgan fingerprint density at radius 2 is 1.76 bits per heavy atom. The maximum Gasteiger partial charge on any atom is 0.308 e. The van der Waals surface area contributed by atoms with E-state index in [1.54, 1.807) is 24.3 Å². The van der Waals surface area contributed by atoms with Crippen LogP contribution in [0.15, 0.2) is 54.6 Å². The number of carbonyl (C=O) groups excluding carboxylic acids is 1. The van der Waals surface area contributed by atoms with Gasteiger partial charge in [0.2, 0.25) is 0 Å². The number of rotatable bonds is 6. The minimum absolute atomic E-state index is 0.0548. The molecule has 1 N–H and O–H groups in total. The van der Waals surface area contributed by atoms with Gasteiger partial charge in [0, 0.05) is 0 Å². The van der Waals surface area contributed by atoms with E-state index in [0.717, 1.165) is 5.56 Å². The van der Waals surface area contributed by atoms with Gasteiger partial charge in [-0.05, 0) is 23.3 Å². The first-order chi connectivity index (χ1) is 10.2. The van der Waals surface area contributed by atoms with Crippen LogP contribution in [0.2, 0.25) is 0 Å². The SMILES string of the molecule is COC(=O)C[C@H](O)c1ccc(OCc2ccccc2)cc1. The number of hydrogen-bond donors (Lipinski definition) is 1. The van der Waals surface area contributed by atoms with Crippen molar-refractivity contribution in [3.05, 3.63) is 65.7 Å². The van der Waals surface area contributed by atoms with Gasteiger partial charge in [-0.15, -0.1) is 0 Å². The van der Waals surface area contributed by atoms with E-state index in [1.165, 1.54) is 7.11 Å². The number of ether oxygens (including phenoxy) is 2. The Hall–Kier alpha value is -2.33. The predicted molar refractivity (Wildman–Crippen MR) is 78.8 cm³/mol. The highest BCUT2D eigenvalue weighted by Crippen LogP contribution is 2.21. The zero-order chi connectivity index (χ0) is 15.1. The van der Waals surface area contributed by atoms with E-state index in [1.807, 2.05) is 30.3 Å². The van der Waals surface area contributed by atoms with Gasteiger partial charge in [0.1, 0.15) is 12.4 Å². The molecule has 0 unspecified atom stereocenters. The highest BCUT2D eigenvalue weighted by molar-refractivity contribution is 5.70. The molecule has 4 heteroatoms. The van der Waals surface area contributed by atoms with Crippen LogP contribution in [0.1, 0.15) is 23.7 Å². The molecule has 0 aliphatic carbocycles. The molecule has 0 saturated heterocycles. The largest absolute Gasteiger partial charge is 0.489 e. The molecule has 0 radical (unpaired) electrons. The van der Waals surface area contributed by atoms with E-state index in [4.69, 9.17) is 4.74 Å². The van der Waals surface area contributed by atoms with Crippen molar-refractivity contribution in [2.24, 2.45) is 0 Å². The Bertz CT molecular complexity index is 563. The lowest BCUT2D eigenvalue weighted by Gasteiger charge is -2.11. The Balaban J connectivity index is 1.91. The van der Waals surface area contributed by atoms with Crippen LogP contribution in [0.4, 0.5) is 0 Å². The van der Waals surface area contributed by atoms with Crippen molar-refractivity contribution in [2.75, 3.05) is 7.11 Å². The van der Waals surface area contributed by atoms with Gasteiger partial charge in [-0.3, -0.25) is 4.79 Å². The first-order valence-corrected chi connectivity index (χ1v) is 6.70. The van der Waals surface area contributed by atoms with Crippen molar-refractivity contribution in [2.45, 2.75) is 19.1 Å². The normalized spacial score (nSPS) is 11.7. The molecule has 0 saturated carbocycles. The lowest BCUT2D eigenvalue weighted by molar-refractivity contribution is -0.142. The van der Waals surface area contributed by atoms with Crippen LogP contribution in [-0.4, -0.2) is 18.2 Å². The van der Waals surface area contributed by atoms with E-state index >= 15 is 0 Å². The van der Waals surface area contributed by atoms with Gasteiger partial charge >= 0.3 is 5.97 Å². The summed E-state index contributed by atoms with van der Waals surface area (Å²) in [5, 5.41) is 9.88. The molecular formula is C17H18O4. The Labute approximate surface area is 123 Å².